The zero-order valence-corrected chi connectivity index (χ0v) is 20.4. The first-order valence-electron chi connectivity index (χ1n) is 11.9. The predicted molar refractivity (Wildman–Crippen MR) is 125 cm³/mol. The Labute approximate surface area is 200 Å². The molecule has 5 atom stereocenters. The summed E-state index contributed by atoms with van der Waals surface area (Å²) >= 11 is 0. The molecule has 0 aliphatic carbocycles. The second-order valence-electron chi connectivity index (χ2n) is 9.47. The molecule has 0 radical (unpaired) electrons. The Morgan fingerprint density at radius 2 is 1.88 bits per heavy atom. The van der Waals surface area contributed by atoms with Crippen LogP contribution >= 0.6 is 0 Å². The van der Waals surface area contributed by atoms with Gasteiger partial charge in [-0.25, -0.2) is 9.78 Å². The van der Waals surface area contributed by atoms with E-state index in [0.717, 1.165) is 0 Å². The third-order valence-electron chi connectivity index (χ3n) is 6.31. The van der Waals surface area contributed by atoms with Crippen LogP contribution in [0.3, 0.4) is 0 Å². The number of carboxylic acids is 1. The third kappa shape index (κ3) is 7.28. The zero-order valence-electron chi connectivity index (χ0n) is 20.4. The van der Waals surface area contributed by atoms with Crippen molar-refractivity contribution >= 4 is 23.7 Å². The van der Waals surface area contributed by atoms with Crippen LogP contribution < -0.4 is 16.4 Å². The average molecular weight is 479 g/mol. The van der Waals surface area contributed by atoms with Gasteiger partial charge >= 0.3 is 5.97 Å². The fourth-order valence-electron chi connectivity index (χ4n) is 4.06. The highest BCUT2D eigenvalue weighted by atomic mass is 16.4. The highest BCUT2D eigenvalue weighted by Crippen LogP contribution is 2.20. The fourth-order valence-corrected chi connectivity index (χ4v) is 4.06. The number of rotatable bonds is 12. The van der Waals surface area contributed by atoms with Crippen LogP contribution in [0.5, 0.6) is 0 Å². The Morgan fingerprint density at radius 1 is 1.21 bits per heavy atom. The molecule has 1 aliphatic rings. The number of likely N-dealkylation sites (tertiary alicyclic amines) is 1. The van der Waals surface area contributed by atoms with Crippen molar-refractivity contribution in [3.05, 3.63) is 18.2 Å². The molecule has 0 bridgehead atoms. The first-order valence-corrected chi connectivity index (χ1v) is 11.9. The van der Waals surface area contributed by atoms with Crippen LogP contribution in [0.25, 0.3) is 0 Å². The monoisotopic (exact) mass is 478 g/mol. The lowest BCUT2D eigenvalue weighted by Gasteiger charge is -2.30. The Balaban J connectivity index is 2.21. The van der Waals surface area contributed by atoms with Gasteiger partial charge in [0.2, 0.25) is 17.7 Å². The Bertz CT molecular complexity index is 843. The quantitative estimate of drug-likeness (QED) is 0.290. The molecule has 11 nitrogen and oxygen atoms in total. The molecule has 0 saturated carbocycles. The minimum Gasteiger partial charge on any atom is -0.480 e. The van der Waals surface area contributed by atoms with Gasteiger partial charge in [-0.1, -0.05) is 34.1 Å². The van der Waals surface area contributed by atoms with Crippen molar-refractivity contribution in [1.29, 1.82) is 0 Å². The van der Waals surface area contributed by atoms with Crippen molar-refractivity contribution in [3.8, 4) is 0 Å². The molecular weight excluding hydrogens is 440 g/mol. The van der Waals surface area contributed by atoms with Crippen LogP contribution in [-0.2, 0) is 25.6 Å². The van der Waals surface area contributed by atoms with E-state index in [-0.39, 0.29) is 18.3 Å². The predicted octanol–water partition coefficient (Wildman–Crippen LogP) is 0.417. The van der Waals surface area contributed by atoms with Gasteiger partial charge in [0, 0.05) is 24.9 Å². The molecule has 6 N–H and O–H groups in total. The van der Waals surface area contributed by atoms with Crippen LogP contribution in [-0.4, -0.2) is 74.4 Å². The molecule has 1 aromatic heterocycles. The Morgan fingerprint density at radius 3 is 2.44 bits per heavy atom. The minimum absolute atomic E-state index is 0.0691. The molecule has 2 rings (SSSR count). The Kier molecular flexibility index (Phi) is 10.0. The molecule has 11 heteroatoms. The van der Waals surface area contributed by atoms with E-state index in [1.54, 1.807) is 6.20 Å². The third-order valence-corrected chi connectivity index (χ3v) is 6.31. The van der Waals surface area contributed by atoms with Crippen molar-refractivity contribution in [2.24, 2.45) is 17.6 Å². The van der Waals surface area contributed by atoms with Crippen LogP contribution in [0.1, 0.15) is 59.1 Å². The summed E-state index contributed by atoms with van der Waals surface area (Å²) in [5.41, 5.74) is 6.69. The van der Waals surface area contributed by atoms with Crippen molar-refractivity contribution < 1.29 is 24.3 Å². The summed E-state index contributed by atoms with van der Waals surface area (Å²) in [6.07, 6.45) is 5.18. The van der Waals surface area contributed by atoms with Crippen LogP contribution in [0.15, 0.2) is 12.5 Å². The number of imidazole rings is 1. The molecule has 0 spiro atoms. The van der Waals surface area contributed by atoms with Gasteiger partial charge < -0.3 is 31.4 Å². The lowest BCUT2D eigenvalue weighted by Crippen LogP contribution is -2.58. The molecule has 2 heterocycles. The summed E-state index contributed by atoms with van der Waals surface area (Å²) in [4.78, 5) is 59.1. The number of H-pyrrole nitrogens is 1. The summed E-state index contributed by atoms with van der Waals surface area (Å²) in [7, 11) is 0. The van der Waals surface area contributed by atoms with Gasteiger partial charge in [0.25, 0.3) is 0 Å². The van der Waals surface area contributed by atoms with Crippen molar-refractivity contribution in [3.63, 3.8) is 0 Å². The second kappa shape index (κ2) is 12.5. The molecule has 1 saturated heterocycles. The summed E-state index contributed by atoms with van der Waals surface area (Å²) in [5.74, 6) is -2.47. The average Bonchev–Trinajstić information content (AvgIpc) is 3.48. The summed E-state index contributed by atoms with van der Waals surface area (Å²) in [6.45, 7) is 7.95. The van der Waals surface area contributed by atoms with E-state index in [2.05, 4.69) is 20.6 Å². The van der Waals surface area contributed by atoms with E-state index in [1.807, 2.05) is 27.7 Å². The summed E-state index contributed by atoms with van der Waals surface area (Å²) in [5, 5.41) is 15.0. The maximum atomic E-state index is 13.3. The van der Waals surface area contributed by atoms with Crippen LogP contribution in [0.4, 0.5) is 0 Å². The number of nitrogens with zero attached hydrogens (tertiary/aromatic N) is 2. The largest absolute Gasteiger partial charge is 0.480 e. The molecule has 5 unspecified atom stereocenters. The topological polar surface area (TPSA) is 171 Å². The first-order chi connectivity index (χ1) is 16.0. The number of carbonyl (C=O) groups is 4. The number of nitrogens with two attached hydrogens (primary N) is 1. The number of nitrogens with one attached hydrogen (secondary N) is 3. The molecule has 1 fully saturated rings. The van der Waals surface area contributed by atoms with Crippen LogP contribution in [0, 0.1) is 11.8 Å². The number of hydrogen-bond acceptors (Lipinski definition) is 6. The van der Waals surface area contributed by atoms with Gasteiger partial charge in [-0.2, -0.15) is 0 Å². The molecule has 3 amide bonds. The van der Waals surface area contributed by atoms with Gasteiger partial charge in [0.05, 0.1) is 12.4 Å². The summed E-state index contributed by atoms with van der Waals surface area (Å²) < 4.78 is 0. The van der Waals surface area contributed by atoms with Crippen molar-refractivity contribution in [2.45, 2.75) is 84.0 Å². The lowest BCUT2D eigenvalue weighted by molar-refractivity contribution is -0.149. The molecule has 34 heavy (non-hydrogen) atoms. The Hall–Kier alpha value is -2.95. The number of carbonyl (C=O) groups excluding carboxylic acids is 3. The van der Waals surface area contributed by atoms with E-state index in [4.69, 9.17) is 5.73 Å². The first kappa shape index (κ1) is 27.3. The minimum atomic E-state index is -1.05. The number of amides is 3. The van der Waals surface area contributed by atoms with Gasteiger partial charge in [-0.05, 0) is 31.1 Å². The normalized spacial score (nSPS) is 19.4. The number of aromatic nitrogens is 2. The SMILES string of the molecule is CCC(C)C(N)C(=O)NC(Cc1cnc[nH]1)C(=O)NC(CC(C)C)C(=O)N1CCCC1C(=O)O. The van der Waals surface area contributed by atoms with E-state index in [9.17, 15) is 24.3 Å². The molecule has 1 aliphatic heterocycles. The molecule has 190 valence electrons. The van der Waals surface area contributed by atoms with E-state index in [1.165, 1.54) is 11.2 Å². The van der Waals surface area contributed by atoms with E-state index in [0.29, 0.717) is 37.9 Å². The number of aliphatic carboxylic acids is 1. The summed E-state index contributed by atoms with van der Waals surface area (Å²) in [6, 6.07) is -3.57. The molecular formula is C23H38N6O5. The highest BCUT2D eigenvalue weighted by molar-refractivity contribution is 5.94. The maximum absolute atomic E-state index is 13.3. The molecule has 1 aromatic rings. The van der Waals surface area contributed by atoms with E-state index >= 15 is 0 Å². The number of hydrogen-bond donors (Lipinski definition) is 5. The smallest absolute Gasteiger partial charge is 0.326 e. The van der Waals surface area contributed by atoms with Crippen LogP contribution in [0.2, 0.25) is 0 Å². The van der Waals surface area contributed by atoms with Gasteiger partial charge in [-0.15, -0.1) is 0 Å². The zero-order chi connectivity index (χ0) is 25.4. The van der Waals surface area contributed by atoms with Crippen molar-refractivity contribution in [2.75, 3.05) is 6.54 Å². The maximum Gasteiger partial charge on any atom is 0.326 e. The lowest BCUT2D eigenvalue weighted by atomic mass is 9.98. The van der Waals surface area contributed by atoms with Gasteiger partial charge in [0.15, 0.2) is 0 Å². The number of aromatic amines is 1. The van der Waals surface area contributed by atoms with E-state index < -0.39 is 47.9 Å². The van der Waals surface area contributed by atoms with Gasteiger partial charge in [-0.3, -0.25) is 14.4 Å². The fraction of sp³-hybridized carbons (Fsp3) is 0.696. The molecule has 0 aromatic carbocycles. The standard InChI is InChI=1S/C23H38N6O5/c1-5-14(4)19(24)21(31)27-16(10-15-11-25-12-26-15)20(30)28-17(9-13(2)3)22(32)29-8-6-7-18(29)23(33)34/h11-14,16-19H,5-10,24H2,1-4H3,(H,25,26)(H,27,31)(H,28,30)(H,33,34). The van der Waals surface area contributed by atoms with Crippen molar-refractivity contribution in [1.82, 2.24) is 25.5 Å². The van der Waals surface area contributed by atoms with Gasteiger partial charge in [0.1, 0.15) is 18.1 Å². The highest BCUT2D eigenvalue weighted by Gasteiger charge is 2.38. The second-order valence-corrected chi connectivity index (χ2v) is 9.47. The number of carboxylic acid groups (broad SMARTS) is 1.